The largest absolute Gasteiger partial charge is 0.382 e. The Morgan fingerprint density at radius 2 is 2.18 bits per heavy atom. The number of nitrogen functional groups attached to an aromatic ring is 1. The smallest absolute Gasteiger partial charge is 0.265 e. The first-order valence-electron chi connectivity index (χ1n) is 4.97. The van der Waals surface area contributed by atoms with Crippen molar-refractivity contribution in [2.75, 3.05) is 18.1 Å². The van der Waals surface area contributed by atoms with Crippen LogP contribution in [0.4, 0.5) is 10.9 Å². The molecule has 0 fully saturated rings. The molecule has 7 nitrogen and oxygen atoms in total. The van der Waals surface area contributed by atoms with Gasteiger partial charge < -0.3 is 22.1 Å². The van der Waals surface area contributed by atoms with Crippen LogP contribution in [0.5, 0.6) is 0 Å². The van der Waals surface area contributed by atoms with Gasteiger partial charge in [-0.25, -0.2) is 4.98 Å². The van der Waals surface area contributed by atoms with E-state index in [0.29, 0.717) is 10.0 Å². The molecule has 1 atom stereocenters. The Hall–Kier alpha value is -1.83. The number of nitrogens with zero attached hydrogens (tertiary/aromatic N) is 1. The summed E-state index contributed by atoms with van der Waals surface area (Å²) in [4.78, 5) is 26.7. The highest BCUT2D eigenvalue weighted by molar-refractivity contribution is 7.18. The van der Waals surface area contributed by atoms with Crippen LogP contribution in [-0.2, 0) is 4.79 Å². The second-order valence-corrected chi connectivity index (χ2v) is 4.53. The molecule has 0 saturated carbocycles. The van der Waals surface area contributed by atoms with Gasteiger partial charge in [-0.3, -0.25) is 9.59 Å². The van der Waals surface area contributed by atoms with Crippen LogP contribution >= 0.6 is 11.3 Å². The number of primary amides is 1. The maximum Gasteiger partial charge on any atom is 0.265 e. The summed E-state index contributed by atoms with van der Waals surface area (Å²) in [7, 11) is 1.69. The van der Waals surface area contributed by atoms with Crippen molar-refractivity contribution in [3.8, 4) is 0 Å². The Morgan fingerprint density at radius 1 is 1.53 bits per heavy atom. The fourth-order valence-corrected chi connectivity index (χ4v) is 1.98. The van der Waals surface area contributed by atoms with Crippen LogP contribution < -0.4 is 22.1 Å². The first-order valence-corrected chi connectivity index (χ1v) is 5.79. The minimum atomic E-state index is -0.467. The fraction of sp³-hybridized carbons (Fsp3) is 0.444. The van der Waals surface area contributed by atoms with Gasteiger partial charge in [0.05, 0.1) is 0 Å². The molecule has 0 bridgehead atoms. The van der Waals surface area contributed by atoms with Crippen LogP contribution in [-0.4, -0.2) is 29.9 Å². The molecule has 0 spiro atoms. The second-order valence-electron chi connectivity index (χ2n) is 3.53. The van der Waals surface area contributed by atoms with Gasteiger partial charge in [-0.15, -0.1) is 0 Å². The number of aromatic nitrogens is 1. The van der Waals surface area contributed by atoms with Crippen molar-refractivity contribution in [2.45, 2.75) is 19.4 Å². The number of carbonyl (C=O) groups is 2. The van der Waals surface area contributed by atoms with Gasteiger partial charge in [-0.1, -0.05) is 11.3 Å². The number of carbonyl (C=O) groups excluding carboxylic acids is 2. The molecule has 1 unspecified atom stereocenters. The first kappa shape index (κ1) is 13.2. The van der Waals surface area contributed by atoms with Crippen molar-refractivity contribution in [3.05, 3.63) is 4.88 Å². The lowest BCUT2D eigenvalue weighted by molar-refractivity contribution is -0.118. The average molecular weight is 257 g/mol. The summed E-state index contributed by atoms with van der Waals surface area (Å²) in [5.74, 6) is -0.649. The van der Waals surface area contributed by atoms with Crippen molar-refractivity contribution in [1.29, 1.82) is 0 Å². The van der Waals surface area contributed by atoms with E-state index in [9.17, 15) is 9.59 Å². The monoisotopic (exact) mass is 257 g/mol. The lowest BCUT2D eigenvalue weighted by Crippen LogP contribution is -2.35. The molecule has 0 aliphatic rings. The second kappa shape index (κ2) is 5.48. The number of nitrogens with one attached hydrogen (secondary N) is 2. The Morgan fingerprint density at radius 3 is 2.65 bits per heavy atom. The SMILES string of the molecule is CNc1nc(N)c(C(=O)NC(C)CC(N)=O)s1. The predicted octanol–water partition coefficient (Wildman–Crippen LogP) is -0.239. The number of anilines is 2. The van der Waals surface area contributed by atoms with Crippen LogP contribution in [0, 0.1) is 0 Å². The summed E-state index contributed by atoms with van der Waals surface area (Å²) in [6.07, 6.45) is 0.0866. The molecule has 0 aliphatic carbocycles. The number of amides is 2. The number of rotatable bonds is 5. The van der Waals surface area contributed by atoms with E-state index in [-0.39, 0.29) is 24.2 Å². The van der Waals surface area contributed by atoms with Crippen molar-refractivity contribution in [3.63, 3.8) is 0 Å². The lowest BCUT2D eigenvalue weighted by Gasteiger charge is -2.10. The van der Waals surface area contributed by atoms with Gasteiger partial charge in [-0.2, -0.15) is 0 Å². The maximum atomic E-state index is 11.8. The molecule has 94 valence electrons. The fourth-order valence-electron chi connectivity index (χ4n) is 1.24. The van der Waals surface area contributed by atoms with E-state index in [1.807, 2.05) is 0 Å². The summed E-state index contributed by atoms with van der Waals surface area (Å²) in [6, 6.07) is -0.334. The molecule has 6 N–H and O–H groups in total. The van der Waals surface area contributed by atoms with E-state index in [1.165, 1.54) is 0 Å². The van der Waals surface area contributed by atoms with Gasteiger partial charge in [0.2, 0.25) is 5.91 Å². The quantitative estimate of drug-likeness (QED) is 0.579. The molecule has 1 aromatic rings. The van der Waals surface area contributed by atoms with Crippen LogP contribution in [0.15, 0.2) is 0 Å². The standard InChI is InChI=1S/C9H15N5O2S/c1-4(3-5(10)15)13-8(16)6-7(11)14-9(12-2)17-6/h4H,3,11H2,1-2H3,(H2,10,15)(H,12,14)(H,13,16). The summed E-state index contributed by atoms with van der Waals surface area (Å²) >= 11 is 1.15. The third-order valence-corrected chi connectivity index (χ3v) is 3.05. The van der Waals surface area contributed by atoms with Crippen molar-refractivity contribution < 1.29 is 9.59 Å². The highest BCUT2D eigenvalue weighted by Crippen LogP contribution is 2.24. The molecule has 2 amide bonds. The maximum absolute atomic E-state index is 11.8. The van der Waals surface area contributed by atoms with E-state index in [4.69, 9.17) is 11.5 Å². The van der Waals surface area contributed by atoms with Gasteiger partial charge in [0.15, 0.2) is 5.13 Å². The topological polar surface area (TPSA) is 123 Å². The molecule has 0 radical (unpaired) electrons. The van der Waals surface area contributed by atoms with Crippen LogP contribution in [0.25, 0.3) is 0 Å². The zero-order chi connectivity index (χ0) is 13.0. The Kier molecular flexibility index (Phi) is 4.27. The zero-order valence-electron chi connectivity index (χ0n) is 9.61. The summed E-state index contributed by atoms with van der Waals surface area (Å²) in [5.41, 5.74) is 10.6. The Labute approximate surface area is 103 Å². The van der Waals surface area contributed by atoms with Gasteiger partial charge in [0.25, 0.3) is 5.91 Å². The molecule has 17 heavy (non-hydrogen) atoms. The van der Waals surface area contributed by atoms with Crippen LogP contribution in [0.1, 0.15) is 23.0 Å². The Balaban J connectivity index is 2.69. The van der Waals surface area contributed by atoms with Gasteiger partial charge >= 0.3 is 0 Å². The zero-order valence-corrected chi connectivity index (χ0v) is 10.4. The molecule has 1 heterocycles. The number of thiazole rings is 1. The molecule has 1 aromatic heterocycles. The molecular weight excluding hydrogens is 242 g/mol. The third-order valence-electron chi connectivity index (χ3n) is 1.96. The lowest BCUT2D eigenvalue weighted by atomic mass is 10.2. The normalized spacial score (nSPS) is 11.9. The molecule has 1 rings (SSSR count). The summed E-state index contributed by atoms with van der Waals surface area (Å²) in [5, 5.41) is 6.00. The molecular formula is C9H15N5O2S. The van der Waals surface area contributed by atoms with Crippen molar-refractivity contribution in [1.82, 2.24) is 10.3 Å². The van der Waals surface area contributed by atoms with Crippen LogP contribution in [0.3, 0.4) is 0 Å². The van der Waals surface area contributed by atoms with Crippen molar-refractivity contribution >= 4 is 34.1 Å². The third kappa shape index (κ3) is 3.59. The Bertz CT molecular complexity index is 431. The van der Waals surface area contributed by atoms with Crippen molar-refractivity contribution in [2.24, 2.45) is 5.73 Å². The van der Waals surface area contributed by atoms with Gasteiger partial charge in [-0.05, 0) is 6.92 Å². The van der Waals surface area contributed by atoms with E-state index in [2.05, 4.69) is 15.6 Å². The molecule has 0 saturated heterocycles. The van der Waals surface area contributed by atoms with E-state index < -0.39 is 5.91 Å². The molecule has 8 heteroatoms. The molecule has 0 aromatic carbocycles. The highest BCUT2D eigenvalue weighted by Gasteiger charge is 2.18. The first-order chi connectivity index (χ1) is 7.93. The number of nitrogens with two attached hydrogens (primary N) is 2. The highest BCUT2D eigenvalue weighted by atomic mass is 32.1. The number of hydrogen-bond acceptors (Lipinski definition) is 6. The van der Waals surface area contributed by atoms with E-state index in [0.717, 1.165) is 11.3 Å². The summed E-state index contributed by atoms with van der Waals surface area (Å²) in [6.45, 7) is 1.69. The predicted molar refractivity (Wildman–Crippen MR) is 66.8 cm³/mol. The van der Waals surface area contributed by atoms with Gasteiger partial charge in [0, 0.05) is 19.5 Å². The molecule has 0 aliphatic heterocycles. The van der Waals surface area contributed by atoms with Gasteiger partial charge in [0.1, 0.15) is 10.7 Å². The summed E-state index contributed by atoms with van der Waals surface area (Å²) < 4.78 is 0. The minimum Gasteiger partial charge on any atom is -0.382 e. The number of hydrogen-bond donors (Lipinski definition) is 4. The van der Waals surface area contributed by atoms with E-state index >= 15 is 0 Å². The average Bonchev–Trinajstić information content (AvgIpc) is 2.58. The van der Waals surface area contributed by atoms with E-state index in [1.54, 1.807) is 14.0 Å². The van der Waals surface area contributed by atoms with Crippen LogP contribution in [0.2, 0.25) is 0 Å². The minimum absolute atomic E-state index is 0.0866.